The lowest BCUT2D eigenvalue weighted by Crippen LogP contribution is -2.29. The molecule has 0 aliphatic heterocycles. The Labute approximate surface area is 137 Å². The molecule has 124 valence electrons. The van der Waals surface area contributed by atoms with E-state index in [4.69, 9.17) is 9.15 Å². The van der Waals surface area contributed by atoms with E-state index in [1.54, 1.807) is 0 Å². The number of nitrogens with one attached hydrogen (secondary N) is 1. The van der Waals surface area contributed by atoms with E-state index >= 15 is 0 Å². The Hall–Kier alpha value is -2.14. The largest absolute Gasteiger partial charge is 0.441 e. The average molecular weight is 316 g/mol. The standard InChI is InChI=1S/C18H24N2O3/c1-12(2)22-10-9-19-17(21)11-16-14(4)23-18(20-16)15-8-6-5-7-13(15)3/h5-8,12H,9-11H2,1-4H3,(H,19,21). The van der Waals surface area contributed by atoms with Crippen LogP contribution in [0, 0.1) is 13.8 Å². The van der Waals surface area contributed by atoms with Crippen LogP contribution in [0.2, 0.25) is 0 Å². The maximum Gasteiger partial charge on any atom is 0.226 e. The van der Waals surface area contributed by atoms with Crippen molar-refractivity contribution < 1.29 is 13.9 Å². The molecule has 0 bridgehead atoms. The lowest BCUT2D eigenvalue weighted by atomic mass is 10.1. The number of ether oxygens (including phenoxy) is 1. The van der Waals surface area contributed by atoms with Crippen LogP contribution >= 0.6 is 0 Å². The van der Waals surface area contributed by atoms with Gasteiger partial charge in [-0.1, -0.05) is 18.2 Å². The van der Waals surface area contributed by atoms with Crippen LogP contribution in [0.3, 0.4) is 0 Å². The van der Waals surface area contributed by atoms with Gasteiger partial charge in [0, 0.05) is 12.1 Å². The lowest BCUT2D eigenvalue weighted by molar-refractivity contribution is -0.120. The number of nitrogens with zero attached hydrogens (tertiary/aromatic N) is 1. The van der Waals surface area contributed by atoms with Crippen molar-refractivity contribution in [2.75, 3.05) is 13.2 Å². The lowest BCUT2D eigenvalue weighted by Gasteiger charge is -2.08. The molecule has 1 amide bonds. The topological polar surface area (TPSA) is 64.4 Å². The van der Waals surface area contributed by atoms with E-state index in [1.165, 1.54) is 0 Å². The summed E-state index contributed by atoms with van der Waals surface area (Å²) in [7, 11) is 0. The van der Waals surface area contributed by atoms with Gasteiger partial charge in [0.1, 0.15) is 5.76 Å². The highest BCUT2D eigenvalue weighted by atomic mass is 16.5. The summed E-state index contributed by atoms with van der Waals surface area (Å²) in [6.07, 6.45) is 0.379. The maximum atomic E-state index is 12.0. The molecule has 0 unspecified atom stereocenters. The van der Waals surface area contributed by atoms with Crippen molar-refractivity contribution in [1.29, 1.82) is 0 Å². The number of oxazole rings is 1. The van der Waals surface area contributed by atoms with Gasteiger partial charge in [-0.25, -0.2) is 4.98 Å². The second kappa shape index (κ2) is 7.92. The number of benzene rings is 1. The van der Waals surface area contributed by atoms with Gasteiger partial charge in [0.25, 0.3) is 0 Å². The van der Waals surface area contributed by atoms with Crippen molar-refractivity contribution in [3.05, 3.63) is 41.3 Å². The highest BCUT2D eigenvalue weighted by molar-refractivity contribution is 5.78. The van der Waals surface area contributed by atoms with Gasteiger partial charge in [0.15, 0.2) is 0 Å². The second-order valence-electron chi connectivity index (χ2n) is 5.78. The molecule has 0 radical (unpaired) electrons. The number of rotatable bonds is 7. The summed E-state index contributed by atoms with van der Waals surface area (Å²) in [5.41, 5.74) is 2.72. The van der Waals surface area contributed by atoms with Crippen LogP contribution < -0.4 is 5.32 Å². The Kier molecular flexibility index (Phi) is 5.93. The molecule has 5 nitrogen and oxygen atoms in total. The van der Waals surface area contributed by atoms with Gasteiger partial charge in [0.2, 0.25) is 11.8 Å². The minimum atomic E-state index is -0.0786. The molecule has 1 aromatic carbocycles. The van der Waals surface area contributed by atoms with E-state index in [-0.39, 0.29) is 18.4 Å². The van der Waals surface area contributed by atoms with Crippen LogP contribution in [0.25, 0.3) is 11.5 Å². The number of amides is 1. The summed E-state index contributed by atoms with van der Waals surface area (Å²) in [4.78, 5) is 16.5. The molecule has 2 aromatic rings. The number of hydrogen-bond donors (Lipinski definition) is 1. The van der Waals surface area contributed by atoms with Crippen molar-refractivity contribution in [2.24, 2.45) is 0 Å². The molecule has 0 aliphatic carbocycles. The third kappa shape index (κ3) is 4.93. The summed E-state index contributed by atoms with van der Waals surface area (Å²) in [6, 6.07) is 7.90. The van der Waals surface area contributed by atoms with Gasteiger partial charge >= 0.3 is 0 Å². The molecule has 1 heterocycles. The van der Waals surface area contributed by atoms with Gasteiger partial charge < -0.3 is 14.5 Å². The predicted molar refractivity (Wildman–Crippen MR) is 89.2 cm³/mol. The SMILES string of the molecule is Cc1ccccc1-c1nc(CC(=O)NCCOC(C)C)c(C)o1. The summed E-state index contributed by atoms with van der Waals surface area (Å²) in [5, 5.41) is 2.83. The fourth-order valence-corrected chi connectivity index (χ4v) is 2.22. The smallest absolute Gasteiger partial charge is 0.226 e. The molecule has 23 heavy (non-hydrogen) atoms. The number of carbonyl (C=O) groups is 1. The molecule has 1 N–H and O–H groups in total. The highest BCUT2D eigenvalue weighted by Crippen LogP contribution is 2.24. The van der Waals surface area contributed by atoms with Crippen LogP contribution in [-0.2, 0) is 16.0 Å². The third-order valence-corrected chi connectivity index (χ3v) is 3.47. The Morgan fingerprint density at radius 3 is 2.74 bits per heavy atom. The molecule has 2 rings (SSSR count). The first-order valence-corrected chi connectivity index (χ1v) is 7.88. The normalized spacial score (nSPS) is 11.0. The van der Waals surface area contributed by atoms with Gasteiger partial charge in [-0.3, -0.25) is 4.79 Å². The number of aromatic nitrogens is 1. The number of hydrogen-bond acceptors (Lipinski definition) is 4. The van der Waals surface area contributed by atoms with Crippen LogP contribution in [0.1, 0.15) is 30.9 Å². The van der Waals surface area contributed by atoms with Crippen LogP contribution in [0.4, 0.5) is 0 Å². The Morgan fingerprint density at radius 2 is 2.04 bits per heavy atom. The van der Waals surface area contributed by atoms with Gasteiger partial charge in [0.05, 0.1) is 24.8 Å². The van der Waals surface area contributed by atoms with Crippen molar-refractivity contribution in [3.8, 4) is 11.5 Å². The maximum absolute atomic E-state index is 12.0. The summed E-state index contributed by atoms with van der Waals surface area (Å²) >= 11 is 0. The van der Waals surface area contributed by atoms with Gasteiger partial charge in [-0.05, 0) is 39.3 Å². The van der Waals surface area contributed by atoms with E-state index in [1.807, 2.05) is 52.0 Å². The van der Waals surface area contributed by atoms with Crippen LogP contribution in [0.15, 0.2) is 28.7 Å². The molecule has 0 aliphatic rings. The second-order valence-corrected chi connectivity index (χ2v) is 5.78. The van der Waals surface area contributed by atoms with E-state index < -0.39 is 0 Å². The van der Waals surface area contributed by atoms with Crippen molar-refractivity contribution >= 4 is 5.91 Å². The Bertz CT molecular complexity index is 662. The zero-order valence-electron chi connectivity index (χ0n) is 14.2. The molecule has 0 fully saturated rings. The van der Waals surface area contributed by atoms with E-state index in [0.29, 0.717) is 30.5 Å². The van der Waals surface area contributed by atoms with Crippen molar-refractivity contribution in [3.63, 3.8) is 0 Å². The van der Waals surface area contributed by atoms with Gasteiger partial charge in [-0.15, -0.1) is 0 Å². The van der Waals surface area contributed by atoms with E-state index in [9.17, 15) is 4.79 Å². The first-order chi connectivity index (χ1) is 11.0. The Balaban J connectivity index is 1.96. The van der Waals surface area contributed by atoms with E-state index in [2.05, 4.69) is 10.3 Å². The molecule has 5 heteroatoms. The number of carbonyl (C=O) groups excluding carboxylic acids is 1. The van der Waals surface area contributed by atoms with Crippen molar-refractivity contribution in [1.82, 2.24) is 10.3 Å². The number of aryl methyl sites for hydroxylation is 2. The van der Waals surface area contributed by atoms with Gasteiger partial charge in [-0.2, -0.15) is 0 Å². The minimum absolute atomic E-state index is 0.0786. The Morgan fingerprint density at radius 1 is 1.30 bits per heavy atom. The monoisotopic (exact) mass is 316 g/mol. The first-order valence-electron chi connectivity index (χ1n) is 7.88. The fourth-order valence-electron chi connectivity index (χ4n) is 2.22. The third-order valence-electron chi connectivity index (χ3n) is 3.47. The predicted octanol–water partition coefficient (Wildman–Crippen LogP) is 3.04. The van der Waals surface area contributed by atoms with Crippen LogP contribution in [-0.4, -0.2) is 30.1 Å². The minimum Gasteiger partial charge on any atom is -0.441 e. The van der Waals surface area contributed by atoms with E-state index in [0.717, 1.165) is 11.1 Å². The van der Waals surface area contributed by atoms with Crippen LogP contribution in [0.5, 0.6) is 0 Å². The summed E-state index contributed by atoms with van der Waals surface area (Å²) < 4.78 is 11.1. The zero-order chi connectivity index (χ0) is 16.8. The molecular weight excluding hydrogens is 292 g/mol. The summed E-state index contributed by atoms with van der Waals surface area (Å²) in [5.74, 6) is 1.16. The molecule has 0 atom stereocenters. The molecule has 0 saturated carbocycles. The quantitative estimate of drug-likeness (QED) is 0.797. The first kappa shape index (κ1) is 17.2. The molecule has 0 saturated heterocycles. The fraction of sp³-hybridized carbons (Fsp3) is 0.444. The molecule has 1 aromatic heterocycles. The molecule has 0 spiro atoms. The average Bonchev–Trinajstić information content (AvgIpc) is 2.85. The highest BCUT2D eigenvalue weighted by Gasteiger charge is 2.15. The van der Waals surface area contributed by atoms with Crippen molar-refractivity contribution in [2.45, 2.75) is 40.2 Å². The summed E-state index contributed by atoms with van der Waals surface area (Å²) in [6.45, 7) is 8.78. The molecular formula is C18H24N2O3. The zero-order valence-corrected chi connectivity index (χ0v) is 14.2.